The first-order chi connectivity index (χ1) is 12.4. The van der Waals surface area contributed by atoms with Crippen LogP contribution >= 0.6 is 0 Å². The number of hydrogen-bond acceptors (Lipinski definition) is 4. The van der Waals surface area contributed by atoms with Crippen LogP contribution < -0.4 is 11.1 Å². The van der Waals surface area contributed by atoms with Gasteiger partial charge in [-0.1, -0.05) is 12.1 Å². The number of nitrogens with one attached hydrogen (secondary N) is 1. The lowest BCUT2D eigenvalue weighted by atomic mass is 9.97. The highest BCUT2D eigenvalue weighted by molar-refractivity contribution is 6.03. The maximum absolute atomic E-state index is 12.3. The molecule has 1 aromatic heterocycles. The van der Waals surface area contributed by atoms with Crippen LogP contribution in [0.5, 0.6) is 0 Å². The van der Waals surface area contributed by atoms with Gasteiger partial charge in [0.25, 0.3) is 5.91 Å². The van der Waals surface area contributed by atoms with Crippen LogP contribution in [0.3, 0.4) is 0 Å². The van der Waals surface area contributed by atoms with E-state index in [1.54, 1.807) is 17.8 Å². The van der Waals surface area contributed by atoms with Crippen LogP contribution in [0.1, 0.15) is 34.6 Å². The number of aryl methyl sites for hydroxylation is 2. The summed E-state index contributed by atoms with van der Waals surface area (Å²) in [6, 6.07) is 9.54. The fourth-order valence-corrected chi connectivity index (χ4v) is 3.40. The summed E-state index contributed by atoms with van der Waals surface area (Å²) in [5.41, 5.74) is 8.66. The van der Waals surface area contributed by atoms with Gasteiger partial charge in [-0.15, -0.1) is 0 Å². The van der Waals surface area contributed by atoms with Crippen LogP contribution in [-0.4, -0.2) is 39.6 Å². The molecule has 7 heteroatoms. The molecule has 2 aromatic rings. The molecular weight excluding hydrogens is 330 g/mol. The highest BCUT2D eigenvalue weighted by atomic mass is 16.2. The Kier molecular flexibility index (Phi) is 5.37. The largest absolute Gasteiger partial charge is 0.369 e. The zero-order valence-corrected chi connectivity index (χ0v) is 15.2. The van der Waals surface area contributed by atoms with Crippen molar-refractivity contribution >= 4 is 17.5 Å². The highest BCUT2D eigenvalue weighted by Crippen LogP contribution is 2.19. The summed E-state index contributed by atoms with van der Waals surface area (Å²) in [7, 11) is 1.75. The van der Waals surface area contributed by atoms with Gasteiger partial charge in [-0.25, -0.2) is 0 Å². The lowest BCUT2D eigenvalue weighted by Gasteiger charge is -2.31. The zero-order valence-electron chi connectivity index (χ0n) is 15.2. The van der Waals surface area contributed by atoms with E-state index in [9.17, 15) is 9.59 Å². The van der Waals surface area contributed by atoms with Gasteiger partial charge in [0.05, 0.1) is 11.6 Å². The Balaban J connectivity index is 1.59. The second-order valence-electron chi connectivity index (χ2n) is 6.92. The molecule has 2 amide bonds. The fourth-order valence-electron chi connectivity index (χ4n) is 3.40. The molecule has 3 N–H and O–H groups in total. The first kappa shape index (κ1) is 18.1. The number of anilines is 1. The highest BCUT2D eigenvalue weighted by Gasteiger charge is 2.23. The van der Waals surface area contributed by atoms with Crippen molar-refractivity contribution in [3.63, 3.8) is 0 Å². The van der Waals surface area contributed by atoms with Gasteiger partial charge in [0, 0.05) is 25.8 Å². The van der Waals surface area contributed by atoms with Gasteiger partial charge in [-0.2, -0.15) is 5.10 Å². The van der Waals surface area contributed by atoms with Gasteiger partial charge >= 0.3 is 0 Å². The molecule has 7 nitrogen and oxygen atoms in total. The molecule has 3 rings (SSSR count). The molecule has 0 saturated carbocycles. The summed E-state index contributed by atoms with van der Waals surface area (Å²) in [4.78, 5) is 26.0. The average Bonchev–Trinajstić information content (AvgIpc) is 2.95. The summed E-state index contributed by atoms with van der Waals surface area (Å²) >= 11 is 0. The van der Waals surface area contributed by atoms with Crippen LogP contribution in [-0.2, 0) is 18.4 Å². The first-order valence-electron chi connectivity index (χ1n) is 8.85. The van der Waals surface area contributed by atoms with E-state index in [4.69, 9.17) is 5.73 Å². The zero-order chi connectivity index (χ0) is 18.7. The Morgan fingerprint density at radius 2 is 2.04 bits per heavy atom. The van der Waals surface area contributed by atoms with Crippen LogP contribution in [0.4, 0.5) is 5.69 Å². The maximum atomic E-state index is 12.3. The van der Waals surface area contributed by atoms with Gasteiger partial charge in [0.15, 0.2) is 0 Å². The predicted octanol–water partition coefficient (Wildman–Crippen LogP) is 1.68. The Morgan fingerprint density at radius 1 is 1.31 bits per heavy atom. The summed E-state index contributed by atoms with van der Waals surface area (Å²) in [6.07, 6.45) is 1.87. The third-order valence-electron chi connectivity index (χ3n) is 4.76. The van der Waals surface area contributed by atoms with Crippen LogP contribution in [0.25, 0.3) is 0 Å². The van der Waals surface area contributed by atoms with Gasteiger partial charge < -0.3 is 11.1 Å². The van der Waals surface area contributed by atoms with Crippen molar-refractivity contribution in [2.45, 2.75) is 26.3 Å². The SMILES string of the molecule is Cc1cc(C(=O)Nc2ccc(CN3CCCC(C(N)=O)C3)cc2)n(C)n1. The number of hydrogen-bond donors (Lipinski definition) is 2. The molecule has 1 fully saturated rings. The van der Waals surface area contributed by atoms with E-state index in [1.165, 1.54) is 0 Å². The molecule has 1 unspecified atom stereocenters. The third-order valence-corrected chi connectivity index (χ3v) is 4.76. The average molecular weight is 355 g/mol. The van der Waals surface area contributed by atoms with Crippen LogP contribution in [0, 0.1) is 12.8 Å². The second-order valence-corrected chi connectivity index (χ2v) is 6.92. The predicted molar refractivity (Wildman–Crippen MR) is 99.5 cm³/mol. The van der Waals surface area contributed by atoms with E-state index >= 15 is 0 Å². The molecule has 138 valence electrons. The monoisotopic (exact) mass is 355 g/mol. The molecule has 1 saturated heterocycles. The van der Waals surface area contributed by atoms with E-state index in [-0.39, 0.29) is 17.7 Å². The van der Waals surface area contributed by atoms with E-state index in [1.807, 2.05) is 31.2 Å². The van der Waals surface area contributed by atoms with Gasteiger partial charge in [-0.05, 0) is 50.1 Å². The molecule has 0 aliphatic carbocycles. The Morgan fingerprint density at radius 3 is 2.65 bits per heavy atom. The van der Waals surface area contributed by atoms with E-state index in [2.05, 4.69) is 15.3 Å². The maximum Gasteiger partial charge on any atom is 0.273 e. The molecule has 1 aromatic carbocycles. The van der Waals surface area contributed by atoms with E-state index in [0.717, 1.165) is 42.9 Å². The number of carbonyl (C=O) groups excluding carboxylic acids is 2. The number of primary amides is 1. The lowest BCUT2D eigenvalue weighted by Crippen LogP contribution is -2.40. The number of rotatable bonds is 5. The Bertz CT molecular complexity index is 797. The van der Waals surface area contributed by atoms with Crippen molar-refractivity contribution in [1.29, 1.82) is 0 Å². The number of benzene rings is 1. The molecule has 0 bridgehead atoms. The van der Waals surface area contributed by atoms with Gasteiger partial charge in [-0.3, -0.25) is 19.2 Å². The summed E-state index contributed by atoms with van der Waals surface area (Å²) in [6.45, 7) is 4.32. The van der Waals surface area contributed by atoms with E-state index in [0.29, 0.717) is 12.2 Å². The van der Waals surface area contributed by atoms with Crippen molar-refractivity contribution in [2.75, 3.05) is 18.4 Å². The Hall–Kier alpha value is -2.67. The van der Waals surface area contributed by atoms with Gasteiger partial charge in [0.1, 0.15) is 5.69 Å². The smallest absolute Gasteiger partial charge is 0.273 e. The molecule has 26 heavy (non-hydrogen) atoms. The summed E-state index contributed by atoms with van der Waals surface area (Å²) in [5, 5.41) is 7.08. The summed E-state index contributed by atoms with van der Waals surface area (Å²) < 4.78 is 1.57. The van der Waals surface area contributed by atoms with Crippen molar-refractivity contribution in [1.82, 2.24) is 14.7 Å². The Labute approximate surface area is 153 Å². The first-order valence-corrected chi connectivity index (χ1v) is 8.85. The number of piperidine rings is 1. The van der Waals surface area contributed by atoms with Crippen molar-refractivity contribution < 1.29 is 9.59 Å². The summed E-state index contributed by atoms with van der Waals surface area (Å²) in [5.74, 6) is -0.441. The number of nitrogens with two attached hydrogens (primary N) is 1. The molecule has 1 atom stereocenters. The van der Waals surface area contributed by atoms with Crippen molar-refractivity contribution in [3.05, 3.63) is 47.3 Å². The minimum Gasteiger partial charge on any atom is -0.369 e. The number of carbonyl (C=O) groups is 2. The molecule has 1 aliphatic heterocycles. The van der Waals surface area contributed by atoms with Crippen LogP contribution in [0.2, 0.25) is 0 Å². The number of nitrogens with zero attached hydrogens (tertiary/aromatic N) is 3. The molecule has 2 heterocycles. The quantitative estimate of drug-likeness (QED) is 0.853. The second kappa shape index (κ2) is 7.70. The molecule has 0 spiro atoms. The normalized spacial score (nSPS) is 17.8. The molecular formula is C19H25N5O2. The van der Waals surface area contributed by atoms with Crippen LogP contribution in [0.15, 0.2) is 30.3 Å². The molecule has 1 aliphatic rings. The minimum absolute atomic E-state index is 0.0512. The van der Waals surface area contributed by atoms with Crippen molar-refractivity contribution in [3.8, 4) is 0 Å². The number of aromatic nitrogens is 2. The topological polar surface area (TPSA) is 93.3 Å². The fraction of sp³-hybridized carbons (Fsp3) is 0.421. The lowest BCUT2D eigenvalue weighted by molar-refractivity contribution is -0.123. The van der Waals surface area contributed by atoms with Gasteiger partial charge in [0.2, 0.25) is 5.91 Å². The standard InChI is InChI=1S/C19H25N5O2/c1-13-10-17(23(2)22-13)19(26)21-16-7-5-14(6-8-16)11-24-9-3-4-15(12-24)18(20)25/h5-8,10,15H,3-4,9,11-12H2,1-2H3,(H2,20,25)(H,21,26). The van der Waals surface area contributed by atoms with Crippen molar-refractivity contribution in [2.24, 2.45) is 18.7 Å². The molecule has 0 radical (unpaired) electrons. The number of amides is 2. The number of likely N-dealkylation sites (tertiary alicyclic amines) is 1. The third kappa shape index (κ3) is 4.29. The van der Waals surface area contributed by atoms with E-state index < -0.39 is 0 Å². The minimum atomic E-state index is -0.210.